The summed E-state index contributed by atoms with van der Waals surface area (Å²) in [7, 11) is 3.18. The van der Waals surface area contributed by atoms with Gasteiger partial charge in [0.25, 0.3) is 5.91 Å². The van der Waals surface area contributed by atoms with Crippen LogP contribution in [0, 0.1) is 29.1 Å². The number of aliphatic hydroxyl groups is 4. The molecule has 9 heteroatoms. The normalized spacial score (nSPS) is 39.9. The van der Waals surface area contributed by atoms with Gasteiger partial charge in [-0.3, -0.25) is 19.3 Å². The maximum absolute atomic E-state index is 13.8. The number of primary amides is 1. The smallest absolute Gasteiger partial charge is 0.255 e. The number of ketones is 2. The predicted octanol–water partition coefficient (Wildman–Crippen LogP) is 1.36. The molecular formula is C25H30N2O7. The van der Waals surface area contributed by atoms with Crippen molar-refractivity contribution >= 4 is 17.5 Å². The molecule has 2 fully saturated rings. The minimum Gasteiger partial charge on any atom is -0.508 e. The molecule has 0 spiro atoms. The van der Waals surface area contributed by atoms with Crippen LogP contribution in [0.3, 0.4) is 0 Å². The summed E-state index contributed by atoms with van der Waals surface area (Å²) in [5.41, 5.74) is 1.48. The third-order valence-corrected chi connectivity index (χ3v) is 8.69. The van der Waals surface area contributed by atoms with Crippen molar-refractivity contribution in [2.75, 3.05) is 14.1 Å². The zero-order valence-electron chi connectivity index (χ0n) is 19.4. The quantitative estimate of drug-likeness (QED) is 0.386. The van der Waals surface area contributed by atoms with Crippen molar-refractivity contribution in [3.63, 3.8) is 0 Å². The van der Waals surface area contributed by atoms with Crippen LogP contribution in [0.1, 0.15) is 32.6 Å². The van der Waals surface area contributed by atoms with Gasteiger partial charge in [-0.2, -0.15) is 0 Å². The molecule has 9 nitrogen and oxygen atoms in total. The second kappa shape index (κ2) is 7.05. The molecular weight excluding hydrogens is 440 g/mol. The summed E-state index contributed by atoms with van der Waals surface area (Å²) in [5.74, 6) is -5.61. The van der Waals surface area contributed by atoms with Gasteiger partial charge < -0.3 is 26.2 Å². The molecule has 0 bridgehead atoms. The number of nitrogens with zero attached hydrogens (tertiary/aromatic N) is 1. The maximum Gasteiger partial charge on any atom is 0.255 e. The van der Waals surface area contributed by atoms with Crippen molar-refractivity contribution in [2.45, 2.75) is 44.2 Å². The molecule has 1 amide bonds. The van der Waals surface area contributed by atoms with Crippen molar-refractivity contribution in [1.82, 2.24) is 4.90 Å². The minimum absolute atomic E-state index is 0.0745. The van der Waals surface area contributed by atoms with Crippen molar-refractivity contribution < 1.29 is 34.8 Å². The van der Waals surface area contributed by atoms with Crippen LogP contribution in [0.5, 0.6) is 0 Å². The molecule has 0 aromatic rings. The number of carbonyl (C=O) groups excluding carboxylic acids is 3. The molecule has 0 radical (unpaired) electrons. The Morgan fingerprint density at radius 1 is 1.18 bits per heavy atom. The number of amides is 1. The van der Waals surface area contributed by atoms with Gasteiger partial charge in [-0.25, -0.2) is 0 Å². The Labute approximate surface area is 196 Å². The first-order valence-electron chi connectivity index (χ1n) is 11.6. The van der Waals surface area contributed by atoms with E-state index in [1.165, 1.54) is 4.90 Å². The van der Waals surface area contributed by atoms with Crippen LogP contribution < -0.4 is 5.73 Å². The van der Waals surface area contributed by atoms with Gasteiger partial charge in [0.05, 0.1) is 6.04 Å². The topological polar surface area (TPSA) is 161 Å². The minimum atomic E-state index is -2.60. The third-order valence-electron chi connectivity index (χ3n) is 8.69. The van der Waals surface area contributed by atoms with Gasteiger partial charge in [-0.05, 0) is 63.6 Å². The van der Waals surface area contributed by atoms with E-state index < -0.39 is 63.5 Å². The van der Waals surface area contributed by atoms with Crippen molar-refractivity contribution in [1.29, 1.82) is 0 Å². The highest BCUT2D eigenvalue weighted by molar-refractivity contribution is 6.24. The number of allylic oxidation sites excluding steroid dienone is 3. The molecule has 0 aromatic carbocycles. The Morgan fingerprint density at radius 3 is 2.38 bits per heavy atom. The van der Waals surface area contributed by atoms with Gasteiger partial charge in [-0.1, -0.05) is 13.0 Å². The van der Waals surface area contributed by atoms with Crippen LogP contribution in [-0.2, 0) is 14.4 Å². The van der Waals surface area contributed by atoms with E-state index in [0.717, 1.165) is 12.8 Å². The lowest BCUT2D eigenvalue weighted by Crippen LogP contribution is -2.66. The summed E-state index contributed by atoms with van der Waals surface area (Å²) in [4.78, 5) is 40.5. The number of carbonyl (C=O) groups is 3. The lowest BCUT2D eigenvalue weighted by molar-refractivity contribution is -0.154. The first kappa shape index (κ1) is 22.9. The van der Waals surface area contributed by atoms with Crippen LogP contribution in [0.2, 0.25) is 0 Å². The van der Waals surface area contributed by atoms with Crippen molar-refractivity contribution in [3.05, 3.63) is 46.1 Å². The summed E-state index contributed by atoms with van der Waals surface area (Å²) in [6.07, 6.45) is 6.16. The Balaban J connectivity index is 1.72. The van der Waals surface area contributed by atoms with Crippen LogP contribution in [-0.4, -0.2) is 68.5 Å². The molecule has 5 aliphatic carbocycles. The molecule has 0 aliphatic heterocycles. The molecule has 0 saturated heterocycles. The second-order valence-electron chi connectivity index (χ2n) is 10.9. The molecule has 182 valence electrons. The molecule has 0 aromatic heterocycles. The van der Waals surface area contributed by atoms with Crippen LogP contribution >= 0.6 is 0 Å². The summed E-state index contributed by atoms with van der Waals surface area (Å²) < 4.78 is 0. The zero-order valence-corrected chi connectivity index (χ0v) is 19.4. The second-order valence-corrected chi connectivity index (χ2v) is 10.9. The molecule has 34 heavy (non-hydrogen) atoms. The standard InChI is InChI=1S/C25H30N2O7/c1-24-9-11-8-13-18(27(2)3)20(30)16(23(26)33)22(32)25(13,34)21(31)15(11)19(29)17(24)14(28)7-6-12(24)10-4-5-10/h6-7,10-13,18,28-29,32,34H,4-5,8-9H2,1-3H3,(H2,26,33)/t11-,12?,13+,18+,24?,25+/m1/s1. The Bertz CT molecular complexity index is 1160. The SMILES string of the molecule is CN(C)[C@@H]1C(=O)C(C(N)=O)=C(O)[C@@]2(O)C(=O)C3=C(O)C4=C(O)C=CC(C5CC5)C4(C)C[C@H]3C[C@@H]12. The highest BCUT2D eigenvalue weighted by Crippen LogP contribution is 2.62. The van der Waals surface area contributed by atoms with Crippen LogP contribution in [0.25, 0.3) is 0 Å². The van der Waals surface area contributed by atoms with Gasteiger partial charge in [-0.15, -0.1) is 0 Å². The van der Waals surface area contributed by atoms with E-state index >= 15 is 0 Å². The Hall–Kier alpha value is -2.91. The number of fused-ring (bicyclic) bond motifs is 3. The summed E-state index contributed by atoms with van der Waals surface area (Å²) >= 11 is 0. The predicted molar refractivity (Wildman–Crippen MR) is 120 cm³/mol. The Morgan fingerprint density at radius 2 is 1.82 bits per heavy atom. The first-order valence-corrected chi connectivity index (χ1v) is 11.6. The average Bonchev–Trinajstić information content (AvgIpc) is 3.55. The number of likely N-dealkylation sites (N-methyl/N-ethyl adjacent to an activating group) is 1. The number of hydrogen-bond donors (Lipinski definition) is 5. The van der Waals surface area contributed by atoms with E-state index in [-0.39, 0.29) is 29.2 Å². The lowest BCUT2D eigenvalue weighted by Gasteiger charge is -2.53. The molecule has 6 atom stereocenters. The fourth-order valence-electron chi connectivity index (χ4n) is 7.11. The number of nitrogens with two attached hydrogens (primary N) is 1. The number of aliphatic hydroxyl groups excluding tert-OH is 3. The molecule has 6 N–H and O–H groups in total. The lowest BCUT2D eigenvalue weighted by atomic mass is 9.51. The van der Waals surface area contributed by atoms with Gasteiger partial charge in [0.2, 0.25) is 5.78 Å². The average molecular weight is 471 g/mol. The molecule has 5 aliphatic rings. The van der Waals surface area contributed by atoms with Crippen molar-refractivity contribution in [3.8, 4) is 0 Å². The van der Waals surface area contributed by atoms with E-state index in [2.05, 4.69) is 0 Å². The summed E-state index contributed by atoms with van der Waals surface area (Å²) in [5, 5.41) is 44.5. The highest BCUT2D eigenvalue weighted by atomic mass is 16.3. The molecule has 2 saturated carbocycles. The van der Waals surface area contributed by atoms with E-state index in [1.807, 2.05) is 13.0 Å². The van der Waals surface area contributed by atoms with Crippen molar-refractivity contribution in [2.24, 2.45) is 34.8 Å². The van der Waals surface area contributed by atoms with Gasteiger partial charge in [0.15, 0.2) is 11.4 Å². The first-order chi connectivity index (χ1) is 15.9. The number of rotatable bonds is 3. The third kappa shape index (κ3) is 2.71. The molecule has 5 rings (SSSR count). The monoisotopic (exact) mass is 470 g/mol. The fraction of sp³-hybridized carbons (Fsp3) is 0.560. The number of Topliss-reactive ketones (excluding diaryl/α,β-unsaturated/α-hetero) is 2. The fourth-order valence-corrected chi connectivity index (χ4v) is 7.11. The maximum atomic E-state index is 13.8. The van der Waals surface area contributed by atoms with E-state index in [4.69, 9.17) is 5.73 Å². The summed E-state index contributed by atoms with van der Waals surface area (Å²) in [6.45, 7) is 1.97. The van der Waals surface area contributed by atoms with Crippen LogP contribution in [0.15, 0.2) is 46.1 Å². The number of hydrogen-bond acceptors (Lipinski definition) is 8. The molecule has 0 heterocycles. The summed E-state index contributed by atoms with van der Waals surface area (Å²) in [6, 6.07) is -1.07. The van der Waals surface area contributed by atoms with E-state index in [9.17, 15) is 34.8 Å². The van der Waals surface area contributed by atoms with E-state index in [1.54, 1.807) is 20.2 Å². The largest absolute Gasteiger partial charge is 0.508 e. The highest BCUT2D eigenvalue weighted by Gasteiger charge is 2.66. The Kier molecular flexibility index (Phi) is 4.74. The van der Waals surface area contributed by atoms with Gasteiger partial charge in [0.1, 0.15) is 22.9 Å². The van der Waals surface area contributed by atoms with Gasteiger partial charge >= 0.3 is 0 Å². The van der Waals surface area contributed by atoms with Gasteiger partial charge in [0, 0.05) is 22.5 Å². The zero-order chi connectivity index (χ0) is 24.9. The van der Waals surface area contributed by atoms with E-state index in [0.29, 0.717) is 12.3 Å². The molecule has 2 unspecified atom stereocenters. The van der Waals surface area contributed by atoms with Crippen LogP contribution in [0.4, 0.5) is 0 Å².